The second-order valence-electron chi connectivity index (χ2n) is 3.86. The van der Waals surface area contributed by atoms with Gasteiger partial charge < -0.3 is 10.6 Å². The summed E-state index contributed by atoms with van der Waals surface area (Å²) in [4.78, 5) is 8.30. The number of hydrogen-bond acceptors (Lipinski definition) is 6. The standard InChI is InChI=1S/C11H20N4O2S/c1-3-6-13-11-14-7-5-10(15-11)12-8-9-18(16,17)4-2/h5,7H,3-4,6,8-9H2,1-2H3,(H2,12,13,14,15). The van der Waals surface area contributed by atoms with E-state index in [1.54, 1.807) is 19.2 Å². The van der Waals surface area contributed by atoms with Crippen LogP contribution in [0.4, 0.5) is 11.8 Å². The zero-order valence-electron chi connectivity index (χ0n) is 10.8. The molecule has 7 heteroatoms. The highest BCUT2D eigenvalue weighted by Gasteiger charge is 2.06. The maximum absolute atomic E-state index is 11.3. The van der Waals surface area contributed by atoms with Crippen LogP contribution in [0.1, 0.15) is 20.3 Å². The summed E-state index contributed by atoms with van der Waals surface area (Å²) < 4.78 is 22.6. The highest BCUT2D eigenvalue weighted by Crippen LogP contribution is 2.05. The van der Waals surface area contributed by atoms with Crippen molar-refractivity contribution in [1.82, 2.24) is 9.97 Å². The molecule has 0 aromatic carbocycles. The van der Waals surface area contributed by atoms with E-state index >= 15 is 0 Å². The third-order valence-corrected chi connectivity index (χ3v) is 4.05. The van der Waals surface area contributed by atoms with E-state index in [0.717, 1.165) is 13.0 Å². The molecule has 0 radical (unpaired) electrons. The molecule has 102 valence electrons. The van der Waals surface area contributed by atoms with Gasteiger partial charge in [0, 0.05) is 25.0 Å². The number of anilines is 2. The van der Waals surface area contributed by atoms with E-state index in [4.69, 9.17) is 0 Å². The highest BCUT2D eigenvalue weighted by atomic mass is 32.2. The summed E-state index contributed by atoms with van der Waals surface area (Å²) in [5, 5.41) is 6.05. The van der Waals surface area contributed by atoms with Crippen LogP contribution in [0.25, 0.3) is 0 Å². The lowest BCUT2D eigenvalue weighted by atomic mass is 10.5. The van der Waals surface area contributed by atoms with Crippen molar-refractivity contribution in [3.63, 3.8) is 0 Å². The number of sulfone groups is 1. The average molecular weight is 272 g/mol. The maximum Gasteiger partial charge on any atom is 0.224 e. The number of rotatable bonds is 8. The van der Waals surface area contributed by atoms with Crippen molar-refractivity contribution < 1.29 is 8.42 Å². The molecule has 0 unspecified atom stereocenters. The van der Waals surface area contributed by atoms with E-state index < -0.39 is 9.84 Å². The lowest BCUT2D eigenvalue weighted by Crippen LogP contribution is -2.18. The lowest BCUT2D eigenvalue weighted by molar-refractivity contribution is 0.597. The normalized spacial score (nSPS) is 11.2. The Bertz CT molecular complexity index is 462. The molecule has 0 aliphatic heterocycles. The fourth-order valence-corrected chi connectivity index (χ4v) is 1.96. The van der Waals surface area contributed by atoms with Gasteiger partial charge in [-0.2, -0.15) is 4.98 Å². The Hall–Kier alpha value is -1.37. The molecule has 0 aliphatic carbocycles. The minimum Gasteiger partial charge on any atom is -0.369 e. The van der Waals surface area contributed by atoms with Crippen molar-refractivity contribution >= 4 is 21.6 Å². The molecular formula is C11H20N4O2S. The Balaban J connectivity index is 2.47. The molecule has 0 saturated carbocycles. The number of nitrogens with one attached hydrogen (secondary N) is 2. The highest BCUT2D eigenvalue weighted by molar-refractivity contribution is 7.91. The molecule has 0 amide bonds. The summed E-state index contributed by atoms with van der Waals surface area (Å²) in [6.07, 6.45) is 2.64. The van der Waals surface area contributed by atoms with Crippen molar-refractivity contribution in [2.75, 3.05) is 35.2 Å². The van der Waals surface area contributed by atoms with Crippen molar-refractivity contribution in [1.29, 1.82) is 0 Å². The molecular weight excluding hydrogens is 252 g/mol. The Kier molecular flexibility index (Phi) is 5.84. The van der Waals surface area contributed by atoms with Gasteiger partial charge in [-0.05, 0) is 12.5 Å². The van der Waals surface area contributed by atoms with Gasteiger partial charge in [-0.25, -0.2) is 13.4 Å². The maximum atomic E-state index is 11.3. The van der Waals surface area contributed by atoms with Gasteiger partial charge in [0.1, 0.15) is 5.82 Å². The van der Waals surface area contributed by atoms with Gasteiger partial charge in [-0.1, -0.05) is 13.8 Å². The van der Waals surface area contributed by atoms with Gasteiger partial charge in [0.2, 0.25) is 5.95 Å². The smallest absolute Gasteiger partial charge is 0.224 e. The van der Waals surface area contributed by atoms with E-state index in [1.165, 1.54) is 0 Å². The zero-order valence-corrected chi connectivity index (χ0v) is 11.6. The van der Waals surface area contributed by atoms with Crippen molar-refractivity contribution in [3.8, 4) is 0 Å². The Morgan fingerprint density at radius 2 is 2.00 bits per heavy atom. The first-order valence-electron chi connectivity index (χ1n) is 6.08. The van der Waals surface area contributed by atoms with Crippen molar-refractivity contribution in [3.05, 3.63) is 12.3 Å². The molecule has 6 nitrogen and oxygen atoms in total. The van der Waals surface area contributed by atoms with E-state index in [9.17, 15) is 8.42 Å². The summed E-state index contributed by atoms with van der Waals surface area (Å²) in [7, 11) is -2.94. The molecule has 0 fully saturated rings. The van der Waals surface area contributed by atoms with Gasteiger partial charge in [0.15, 0.2) is 9.84 Å². The van der Waals surface area contributed by atoms with Crippen LogP contribution in [-0.4, -0.2) is 43.0 Å². The summed E-state index contributed by atoms with van der Waals surface area (Å²) in [6.45, 7) is 4.88. The van der Waals surface area contributed by atoms with Crippen LogP contribution < -0.4 is 10.6 Å². The summed E-state index contributed by atoms with van der Waals surface area (Å²) in [6, 6.07) is 1.72. The third kappa shape index (κ3) is 5.31. The van der Waals surface area contributed by atoms with Crippen LogP contribution >= 0.6 is 0 Å². The molecule has 1 aromatic heterocycles. The molecule has 18 heavy (non-hydrogen) atoms. The first kappa shape index (κ1) is 14.7. The molecule has 0 spiro atoms. The van der Waals surface area contributed by atoms with Gasteiger partial charge in [0.25, 0.3) is 0 Å². The Morgan fingerprint density at radius 3 is 2.67 bits per heavy atom. The number of aromatic nitrogens is 2. The molecule has 1 heterocycles. The monoisotopic (exact) mass is 272 g/mol. The average Bonchev–Trinajstić information content (AvgIpc) is 2.37. The third-order valence-electron chi connectivity index (χ3n) is 2.35. The second-order valence-corrected chi connectivity index (χ2v) is 6.33. The fraction of sp³-hybridized carbons (Fsp3) is 0.636. The van der Waals surface area contributed by atoms with Gasteiger partial charge in [-0.3, -0.25) is 0 Å². The lowest BCUT2D eigenvalue weighted by Gasteiger charge is -2.07. The van der Waals surface area contributed by atoms with E-state index in [-0.39, 0.29) is 11.5 Å². The number of nitrogens with zero attached hydrogens (tertiary/aromatic N) is 2. The molecule has 0 saturated heterocycles. The Labute approximate surface area is 108 Å². The van der Waals surface area contributed by atoms with Crippen molar-refractivity contribution in [2.45, 2.75) is 20.3 Å². The second kappa shape index (κ2) is 7.15. The minimum atomic E-state index is -2.94. The number of hydrogen-bond donors (Lipinski definition) is 2. The van der Waals surface area contributed by atoms with Crippen LogP contribution in [0.2, 0.25) is 0 Å². The zero-order chi connectivity index (χ0) is 13.4. The van der Waals surface area contributed by atoms with Crippen LogP contribution in [0.5, 0.6) is 0 Å². The van der Waals surface area contributed by atoms with Crippen LogP contribution in [-0.2, 0) is 9.84 Å². The summed E-state index contributed by atoms with van der Waals surface area (Å²) in [5.41, 5.74) is 0. The van der Waals surface area contributed by atoms with E-state index in [0.29, 0.717) is 18.3 Å². The summed E-state index contributed by atoms with van der Waals surface area (Å²) in [5.74, 6) is 1.47. The first-order chi connectivity index (χ1) is 8.57. The molecule has 0 atom stereocenters. The summed E-state index contributed by atoms with van der Waals surface area (Å²) >= 11 is 0. The molecule has 1 rings (SSSR count). The Morgan fingerprint density at radius 1 is 1.22 bits per heavy atom. The van der Waals surface area contributed by atoms with E-state index in [2.05, 4.69) is 27.5 Å². The van der Waals surface area contributed by atoms with Gasteiger partial charge >= 0.3 is 0 Å². The first-order valence-corrected chi connectivity index (χ1v) is 7.90. The van der Waals surface area contributed by atoms with Crippen LogP contribution in [0.15, 0.2) is 12.3 Å². The SMILES string of the molecule is CCCNc1nccc(NCCS(=O)(=O)CC)n1. The van der Waals surface area contributed by atoms with Crippen LogP contribution in [0, 0.1) is 0 Å². The largest absolute Gasteiger partial charge is 0.369 e. The molecule has 2 N–H and O–H groups in total. The topological polar surface area (TPSA) is 84.0 Å². The molecule has 0 aliphatic rings. The molecule has 0 bridgehead atoms. The van der Waals surface area contributed by atoms with E-state index in [1.807, 2.05) is 0 Å². The predicted octanol–water partition coefficient (Wildman–Crippen LogP) is 1.15. The van der Waals surface area contributed by atoms with Crippen molar-refractivity contribution in [2.24, 2.45) is 0 Å². The van der Waals surface area contributed by atoms with Crippen LogP contribution in [0.3, 0.4) is 0 Å². The minimum absolute atomic E-state index is 0.116. The fourth-order valence-electron chi connectivity index (χ4n) is 1.26. The van der Waals surface area contributed by atoms with Gasteiger partial charge in [0.05, 0.1) is 5.75 Å². The quantitative estimate of drug-likeness (QED) is 0.738. The van der Waals surface area contributed by atoms with Gasteiger partial charge in [-0.15, -0.1) is 0 Å². The predicted molar refractivity (Wildman–Crippen MR) is 73.6 cm³/mol. The molecule has 1 aromatic rings.